The zero-order chi connectivity index (χ0) is 12.5. The van der Waals surface area contributed by atoms with Gasteiger partial charge in [0.15, 0.2) is 0 Å². The molecule has 1 atom stereocenters. The van der Waals surface area contributed by atoms with E-state index >= 15 is 0 Å². The number of alkyl halides is 1. The van der Waals surface area contributed by atoms with Crippen molar-refractivity contribution >= 4 is 34.1 Å². The van der Waals surface area contributed by atoms with E-state index in [-0.39, 0.29) is 0 Å². The topological polar surface area (TPSA) is 27.8 Å². The number of aromatic amines is 1. The second-order valence-electron chi connectivity index (χ2n) is 4.80. The van der Waals surface area contributed by atoms with Crippen molar-refractivity contribution in [2.75, 3.05) is 12.4 Å². The van der Waals surface area contributed by atoms with Crippen LogP contribution in [0.25, 0.3) is 10.9 Å². The monoisotopic (exact) mass is 282 g/mol. The van der Waals surface area contributed by atoms with Crippen LogP contribution >= 0.6 is 23.2 Å². The summed E-state index contributed by atoms with van der Waals surface area (Å²) in [5.41, 5.74) is 3.93. The quantitative estimate of drug-likeness (QED) is 0.818. The van der Waals surface area contributed by atoms with Gasteiger partial charge in [-0.2, -0.15) is 0 Å². The van der Waals surface area contributed by atoms with Gasteiger partial charge in [0.25, 0.3) is 0 Å². The number of rotatable bonds is 3. The van der Waals surface area contributed by atoms with Crippen LogP contribution in [0.1, 0.15) is 30.1 Å². The van der Waals surface area contributed by atoms with Gasteiger partial charge < -0.3 is 10.3 Å². The van der Waals surface area contributed by atoms with Gasteiger partial charge in [-0.1, -0.05) is 11.6 Å². The van der Waals surface area contributed by atoms with Crippen LogP contribution in [0, 0.1) is 0 Å². The molecule has 18 heavy (non-hydrogen) atoms. The number of halogens is 2. The first-order valence-electron chi connectivity index (χ1n) is 6.39. The van der Waals surface area contributed by atoms with Crippen molar-refractivity contribution in [1.82, 2.24) is 10.3 Å². The predicted molar refractivity (Wildman–Crippen MR) is 77.7 cm³/mol. The molecule has 1 aromatic carbocycles. The van der Waals surface area contributed by atoms with Crippen molar-refractivity contribution in [1.29, 1.82) is 0 Å². The lowest BCUT2D eigenvalue weighted by Gasteiger charge is -2.24. The number of H-pyrrole nitrogens is 1. The van der Waals surface area contributed by atoms with Crippen molar-refractivity contribution < 1.29 is 0 Å². The Balaban J connectivity index is 2.04. The Morgan fingerprint density at radius 2 is 2.22 bits per heavy atom. The predicted octanol–water partition coefficient (Wildman–Crippen LogP) is 4.03. The van der Waals surface area contributed by atoms with Gasteiger partial charge >= 0.3 is 0 Å². The minimum atomic E-state index is 0.402. The van der Waals surface area contributed by atoms with Crippen LogP contribution in [-0.4, -0.2) is 17.4 Å². The minimum absolute atomic E-state index is 0.402. The largest absolute Gasteiger partial charge is 0.357 e. The summed E-state index contributed by atoms with van der Waals surface area (Å²) in [6, 6.07) is 6.47. The van der Waals surface area contributed by atoms with E-state index in [2.05, 4.69) is 22.4 Å². The first kappa shape index (κ1) is 12.3. The molecule has 0 spiro atoms. The molecular weight excluding hydrogens is 267 g/mol. The average molecular weight is 283 g/mol. The summed E-state index contributed by atoms with van der Waals surface area (Å²) in [6.07, 6.45) is 3.18. The highest BCUT2D eigenvalue weighted by molar-refractivity contribution is 6.31. The molecule has 4 heteroatoms. The average Bonchev–Trinajstić information content (AvgIpc) is 2.75. The molecule has 0 fully saturated rings. The molecule has 1 aliphatic heterocycles. The minimum Gasteiger partial charge on any atom is -0.357 e. The van der Waals surface area contributed by atoms with E-state index in [1.165, 1.54) is 22.2 Å². The zero-order valence-corrected chi connectivity index (χ0v) is 11.6. The fourth-order valence-corrected chi connectivity index (χ4v) is 3.14. The van der Waals surface area contributed by atoms with Crippen LogP contribution in [0.4, 0.5) is 0 Å². The molecule has 0 aliphatic carbocycles. The maximum Gasteiger partial charge on any atom is 0.0476 e. The molecule has 2 aromatic rings. The number of benzene rings is 1. The van der Waals surface area contributed by atoms with E-state index in [1.807, 2.05) is 6.07 Å². The standard InChI is InChI=1S/C14H16Cl2N2/c15-6-1-2-13-14-10(5-7-17-13)11-8-9(16)3-4-12(11)18-14/h3-4,8,13,17-18H,1-2,5-7H2. The summed E-state index contributed by atoms with van der Waals surface area (Å²) >= 11 is 11.9. The van der Waals surface area contributed by atoms with Gasteiger partial charge in [-0.05, 0) is 49.6 Å². The van der Waals surface area contributed by atoms with Crippen LogP contribution in [-0.2, 0) is 6.42 Å². The Morgan fingerprint density at radius 3 is 3.06 bits per heavy atom. The van der Waals surface area contributed by atoms with Gasteiger partial charge in [-0.25, -0.2) is 0 Å². The maximum absolute atomic E-state index is 6.09. The smallest absolute Gasteiger partial charge is 0.0476 e. The van der Waals surface area contributed by atoms with E-state index in [9.17, 15) is 0 Å². The van der Waals surface area contributed by atoms with Gasteiger partial charge in [-0.15, -0.1) is 11.6 Å². The summed E-state index contributed by atoms with van der Waals surface area (Å²) in [5, 5.41) is 5.64. The third kappa shape index (κ3) is 2.13. The van der Waals surface area contributed by atoms with E-state index in [0.717, 1.165) is 36.7 Å². The Bertz CT molecular complexity index is 562. The highest BCUT2D eigenvalue weighted by Gasteiger charge is 2.23. The molecule has 2 nitrogen and oxygen atoms in total. The van der Waals surface area contributed by atoms with Gasteiger partial charge in [0.2, 0.25) is 0 Å². The summed E-state index contributed by atoms with van der Waals surface area (Å²) < 4.78 is 0. The molecular formula is C14H16Cl2N2. The zero-order valence-electron chi connectivity index (χ0n) is 10.1. The molecule has 0 bridgehead atoms. The summed E-state index contributed by atoms with van der Waals surface area (Å²) in [7, 11) is 0. The third-order valence-electron chi connectivity index (χ3n) is 3.64. The molecule has 0 amide bonds. The van der Waals surface area contributed by atoms with E-state index in [1.54, 1.807) is 0 Å². The van der Waals surface area contributed by atoms with Crippen LogP contribution in [0.3, 0.4) is 0 Å². The molecule has 3 rings (SSSR count). The summed E-state index contributed by atoms with van der Waals surface area (Å²) in [5.74, 6) is 0.722. The molecule has 1 unspecified atom stereocenters. The third-order valence-corrected chi connectivity index (χ3v) is 4.14. The van der Waals surface area contributed by atoms with Crippen molar-refractivity contribution in [3.63, 3.8) is 0 Å². The number of hydrogen-bond acceptors (Lipinski definition) is 1. The van der Waals surface area contributed by atoms with Crippen molar-refractivity contribution in [2.45, 2.75) is 25.3 Å². The van der Waals surface area contributed by atoms with Crippen molar-refractivity contribution in [3.05, 3.63) is 34.5 Å². The number of hydrogen-bond donors (Lipinski definition) is 2. The van der Waals surface area contributed by atoms with Crippen LogP contribution in [0.5, 0.6) is 0 Å². The first-order chi connectivity index (χ1) is 8.79. The van der Waals surface area contributed by atoms with Crippen molar-refractivity contribution in [2.24, 2.45) is 0 Å². The lowest BCUT2D eigenvalue weighted by Crippen LogP contribution is -2.29. The molecule has 96 valence electrons. The summed E-state index contributed by atoms with van der Waals surface area (Å²) in [6.45, 7) is 1.03. The van der Waals surface area contributed by atoms with Crippen molar-refractivity contribution in [3.8, 4) is 0 Å². The highest BCUT2D eigenvalue weighted by Crippen LogP contribution is 2.33. The van der Waals surface area contributed by atoms with Crippen LogP contribution < -0.4 is 5.32 Å². The number of fused-ring (bicyclic) bond motifs is 3. The Morgan fingerprint density at radius 1 is 1.33 bits per heavy atom. The van der Waals surface area contributed by atoms with E-state index in [0.29, 0.717) is 6.04 Å². The van der Waals surface area contributed by atoms with Crippen LogP contribution in [0.15, 0.2) is 18.2 Å². The number of aromatic nitrogens is 1. The molecule has 0 saturated carbocycles. The number of nitrogens with one attached hydrogen (secondary N) is 2. The Labute approximate surface area is 117 Å². The second kappa shape index (κ2) is 5.12. The lowest BCUT2D eigenvalue weighted by atomic mass is 9.97. The van der Waals surface area contributed by atoms with Crippen LogP contribution in [0.2, 0.25) is 5.02 Å². The van der Waals surface area contributed by atoms with E-state index in [4.69, 9.17) is 23.2 Å². The Kier molecular flexibility index (Phi) is 3.51. The molecule has 0 saturated heterocycles. The van der Waals surface area contributed by atoms with Gasteiger partial charge in [0.1, 0.15) is 0 Å². The Hall–Kier alpha value is -0.700. The maximum atomic E-state index is 6.09. The van der Waals surface area contributed by atoms with Gasteiger partial charge in [-0.3, -0.25) is 0 Å². The highest BCUT2D eigenvalue weighted by atomic mass is 35.5. The van der Waals surface area contributed by atoms with Gasteiger partial charge in [0, 0.05) is 33.5 Å². The normalized spacial score (nSPS) is 19.1. The second-order valence-corrected chi connectivity index (χ2v) is 5.61. The molecule has 0 radical (unpaired) electrons. The van der Waals surface area contributed by atoms with E-state index < -0.39 is 0 Å². The summed E-state index contributed by atoms with van der Waals surface area (Å²) in [4.78, 5) is 3.54. The molecule has 2 heterocycles. The van der Waals surface area contributed by atoms with Gasteiger partial charge in [0.05, 0.1) is 0 Å². The fraction of sp³-hybridized carbons (Fsp3) is 0.429. The fourth-order valence-electron chi connectivity index (χ4n) is 2.81. The SMILES string of the molecule is ClCCCC1NCCc2c1[nH]c1ccc(Cl)cc21. The molecule has 1 aromatic heterocycles. The molecule has 2 N–H and O–H groups in total. The lowest BCUT2D eigenvalue weighted by molar-refractivity contribution is 0.465. The molecule has 1 aliphatic rings. The first-order valence-corrected chi connectivity index (χ1v) is 7.30.